The van der Waals surface area contributed by atoms with E-state index >= 15 is 0 Å². The average molecular weight is 405 g/mol. The highest BCUT2D eigenvalue weighted by Crippen LogP contribution is 2.19. The molecule has 2 aliphatic rings. The quantitative estimate of drug-likeness (QED) is 0.686. The minimum atomic E-state index is -0.148. The second-order valence-electron chi connectivity index (χ2n) is 7.50. The van der Waals surface area contributed by atoms with Crippen LogP contribution in [0.25, 0.3) is 5.70 Å². The Balaban J connectivity index is 1.42. The molecule has 0 spiro atoms. The molecule has 1 saturated heterocycles. The van der Waals surface area contributed by atoms with Crippen LogP contribution >= 0.6 is 11.6 Å². The molecule has 0 bridgehead atoms. The van der Waals surface area contributed by atoms with Crippen molar-refractivity contribution in [2.75, 3.05) is 26.2 Å². The van der Waals surface area contributed by atoms with E-state index in [1.807, 2.05) is 18.2 Å². The molecule has 7 heteroatoms. The number of rotatable bonds is 7. The van der Waals surface area contributed by atoms with Gasteiger partial charge in [0.25, 0.3) is 0 Å². The van der Waals surface area contributed by atoms with Gasteiger partial charge in [-0.05, 0) is 56.5 Å². The van der Waals surface area contributed by atoms with Crippen molar-refractivity contribution in [3.8, 4) is 0 Å². The van der Waals surface area contributed by atoms with E-state index in [4.69, 9.17) is 11.6 Å². The molecule has 1 fully saturated rings. The molecular formula is C21H29ClN4O2. The Morgan fingerprint density at radius 2 is 2.07 bits per heavy atom. The number of nitrogens with zero attached hydrogens (tertiary/aromatic N) is 2. The Bertz CT molecular complexity index is 720. The van der Waals surface area contributed by atoms with Gasteiger partial charge in [0.05, 0.1) is 5.70 Å². The topological polar surface area (TPSA) is 64.7 Å². The van der Waals surface area contributed by atoms with Gasteiger partial charge in [-0.1, -0.05) is 30.2 Å². The van der Waals surface area contributed by atoms with Gasteiger partial charge in [-0.3, -0.25) is 15.0 Å². The lowest BCUT2D eigenvalue weighted by molar-refractivity contribution is -0.137. The van der Waals surface area contributed by atoms with Crippen LogP contribution < -0.4 is 10.7 Å². The summed E-state index contributed by atoms with van der Waals surface area (Å²) in [7, 11) is 0. The van der Waals surface area contributed by atoms with Gasteiger partial charge in [-0.25, -0.2) is 5.01 Å². The van der Waals surface area contributed by atoms with E-state index < -0.39 is 0 Å². The molecule has 28 heavy (non-hydrogen) atoms. The van der Waals surface area contributed by atoms with Gasteiger partial charge in [0, 0.05) is 30.6 Å². The molecule has 1 aromatic carbocycles. The molecule has 1 atom stereocenters. The molecule has 0 aromatic heterocycles. The van der Waals surface area contributed by atoms with Crippen molar-refractivity contribution in [1.82, 2.24) is 20.7 Å². The number of benzene rings is 1. The number of hydrazine groups is 1. The number of likely N-dealkylation sites (tertiary alicyclic amines) is 1. The van der Waals surface area contributed by atoms with Crippen LogP contribution in [0, 0.1) is 0 Å². The van der Waals surface area contributed by atoms with Gasteiger partial charge in [0.2, 0.25) is 11.8 Å². The van der Waals surface area contributed by atoms with Gasteiger partial charge in [0.1, 0.15) is 6.54 Å². The van der Waals surface area contributed by atoms with Crippen LogP contribution in [0.15, 0.2) is 30.3 Å². The fraction of sp³-hybridized carbons (Fsp3) is 0.524. The molecule has 3 rings (SSSR count). The lowest BCUT2D eigenvalue weighted by Crippen LogP contribution is -2.49. The summed E-state index contributed by atoms with van der Waals surface area (Å²) in [5.41, 5.74) is 4.79. The molecule has 6 nitrogen and oxygen atoms in total. The maximum atomic E-state index is 12.3. The number of nitrogens with one attached hydrogen (secondary N) is 2. The second kappa shape index (κ2) is 9.94. The fourth-order valence-corrected chi connectivity index (χ4v) is 3.82. The van der Waals surface area contributed by atoms with Crippen LogP contribution in [0.1, 0.15) is 44.6 Å². The number of hydrogen-bond acceptors (Lipinski definition) is 4. The predicted octanol–water partition coefficient (Wildman–Crippen LogP) is 2.80. The van der Waals surface area contributed by atoms with Gasteiger partial charge >= 0.3 is 0 Å². The third kappa shape index (κ3) is 5.72. The SMILES string of the molecule is CC1CCCCN1CCCNC(=O)CN1NC(c2ccc(Cl)cc2)=CCC1=O. The van der Waals surface area contributed by atoms with Crippen LogP contribution in [0.4, 0.5) is 0 Å². The first kappa shape index (κ1) is 20.7. The summed E-state index contributed by atoms with van der Waals surface area (Å²) in [5, 5.41) is 4.97. The Morgan fingerprint density at radius 1 is 1.29 bits per heavy atom. The van der Waals surface area contributed by atoms with E-state index in [0.29, 0.717) is 17.6 Å². The zero-order valence-corrected chi connectivity index (χ0v) is 17.2. The Kier molecular flexibility index (Phi) is 7.34. The van der Waals surface area contributed by atoms with Crippen molar-refractivity contribution < 1.29 is 9.59 Å². The monoisotopic (exact) mass is 404 g/mol. The lowest BCUT2D eigenvalue weighted by atomic mass is 10.0. The van der Waals surface area contributed by atoms with Gasteiger partial charge in [-0.2, -0.15) is 0 Å². The van der Waals surface area contributed by atoms with E-state index in [2.05, 4.69) is 22.6 Å². The summed E-state index contributed by atoms with van der Waals surface area (Å²) in [6.07, 6.45) is 6.87. The van der Waals surface area contributed by atoms with E-state index in [9.17, 15) is 9.59 Å². The molecular weight excluding hydrogens is 376 g/mol. The highest BCUT2D eigenvalue weighted by Gasteiger charge is 2.22. The minimum absolute atomic E-state index is 0.00385. The maximum Gasteiger partial charge on any atom is 0.245 e. The second-order valence-corrected chi connectivity index (χ2v) is 7.94. The summed E-state index contributed by atoms with van der Waals surface area (Å²) in [6, 6.07) is 8.01. The van der Waals surface area contributed by atoms with Crippen LogP contribution in [0.2, 0.25) is 5.02 Å². The van der Waals surface area contributed by atoms with E-state index in [-0.39, 0.29) is 24.8 Å². The zero-order chi connectivity index (χ0) is 19.9. The third-order valence-electron chi connectivity index (χ3n) is 5.38. The predicted molar refractivity (Wildman–Crippen MR) is 111 cm³/mol. The maximum absolute atomic E-state index is 12.3. The van der Waals surface area contributed by atoms with Crippen molar-refractivity contribution in [3.05, 3.63) is 40.9 Å². The third-order valence-corrected chi connectivity index (χ3v) is 5.63. The number of halogens is 1. The number of amides is 2. The van der Waals surface area contributed by atoms with E-state index in [1.54, 1.807) is 12.1 Å². The normalized spacial score (nSPS) is 20.5. The number of carbonyl (C=O) groups is 2. The lowest BCUT2D eigenvalue weighted by Gasteiger charge is -2.33. The number of carbonyl (C=O) groups excluding carboxylic acids is 2. The van der Waals surface area contributed by atoms with Crippen molar-refractivity contribution in [3.63, 3.8) is 0 Å². The molecule has 1 unspecified atom stereocenters. The summed E-state index contributed by atoms with van der Waals surface area (Å²) < 4.78 is 0. The highest BCUT2D eigenvalue weighted by atomic mass is 35.5. The summed E-state index contributed by atoms with van der Waals surface area (Å²) >= 11 is 5.93. The number of piperidine rings is 1. The van der Waals surface area contributed by atoms with Crippen molar-refractivity contribution in [1.29, 1.82) is 0 Å². The van der Waals surface area contributed by atoms with Gasteiger partial charge < -0.3 is 10.2 Å². The van der Waals surface area contributed by atoms with Crippen molar-refractivity contribution in [2.24, 2.45) is 0 Å². The van der Waals surface area contributed by atoms with Crippen LogP contribution in [-0.2, 0) is 9.59 Å². The van der Waals surface area contributed by atoms with Crippen LogP contribution in [0.3, 0.4) is 0 Å². The molecule has 2 amide bonds. The Morgan fingerprint density at radius 3 is 2.82 bits per heavy atom. The van der Waals surface area contributed by atoms with Gasteiger partial charge in [-0.15, -0.1) is 0 Å². The first-order chi connectivity index (χ1) is 13.5. The summed E-state index contributed by atoms with van der Waals surface area (Å²) in [5.74, 6) is -0.264. The molecule has 152 valence electrons. The average Bonchev–Trinajstić information content (AvgIpc) is 2.69. The van der Waals surface area contributed by atoms with E-state index in [1.165, 1.54) is 24.3 Å². The molecule has 2 N–H and O–H groups in total. The van der Waals surface area contributed by atoms with Crippen LogP contribution in [-0.4, -0.2) is 53.9 Å². The van der Waals surface area contributed by atoms with Crippen LogP contribution in [0.5, 0.6) is 0 Å². The summed E-state index contributed by atoms with van der Waals surface area (Å²) in [6.45, 7) is 5.07. The molecule has 0 radical (unpaired) electrons. The molecule has 2 aliphatic heterocycles. The van der Waals surface area contributed by atoms with Crippen molar-refractivity contribution >= 4 is 29.1 Å². The summed E-state index contributed by atoms with van der Waals surface area (Å²) in [4.78, 5) is 26.9. The first-order valence-corrected chi connectivity index (χ1v) is 10.4. The zero-order valence-electron chi connectivity index (χ0n) is 16.4. The Labute approximate surface area is 171 Å². The first-order valence-electron chi connectivity index (χ1n) is 10.1. The minimum Gasteiger partial charge on any atom is -0.354 e. The number of hydrogen-bond donors (Lipinski definition) is 2. The highest BCUT2D eigenvalue weighted by molar-refractivity contribution is 6.30. The standard InChI is InChI=1S/C21H29ClN4O2/c1-16-5-2-3-13-25(16)14-4-12-23-20(27)15-26-21(28)11-10-19(24-26)17-6-8-18(22)9-7-17/h6-10,16,24H,2-5,11-15H2,1H3,(H,23,27). The Hall–Kier alpha value is -2.05. The molecule has 1 aromatic rings. The molecule has 0 saturated carbocycles. The van der Waals surface area contributed by atoms with Gasteiger partial charge in [0.15, 0.2) is 0 Å². The molecule has 2 heterocycles. The fourth-order valence-electron chi connectivity index (χ4n) is 3.69. The molecule has 0 aliphatic carbocycles. The van der Waals surface area contributed by atoms with Crippen molar-refractivity contribution in [2.45, 2.75) is 45.1 Å². The van der Waals surface area contributed by atoms with E-state index in [0.717, 1.165) is 30.8 Å². The largest absolute Gasteiger partial charge is 0.354 e. The smallest absolute Gasteiger partial charge is 0.245 e.